The first-order valence-electron chi connectivity index (χ1n) is 19.6. The van der Waals surface area contributed by atoms with Crippen molar-refractivity contribution in [1.29, 1.82) is 0 Å². The number of pyridine rings is 1. The molecule has 0 radical (unpaired) electrons. The Labute approximate surface area is 327 Å². The molecule has 2 saturated carbocycles. The molecule has 0 unspecified atom stereocenters. The Morgan fingerprint density at radius 1 is 1.02 bits per heavy atom. The molecule has 6 atom stereocenters. The molecule has 1 aromatic heterocycles. The van der Waals surface area contributed by atoms with E-state index in [4.69, 9.17) is 18.9 Å². The maximum absolute atomic E-state index is 14.6. The number of allylic oxidation sites excluding steroid dienone is 2. The van der Waals surface area contributed by atoms with Crippen molar-refractivity contribution in [3.05, 3.63) is 42.0 Å². The van der Waals surface area contributed by atoms with Crippen LogP contribution in [0.4, 0.5) is 4.79 Å². The predicted molar refractivity (Wildman–Crippen MR) is 206 cm³/mol. The van der Waals surface area contributed by atoms with Gasteiger partial charge in [-0.15, -0.1) is 0 Å². The van der Waals surface area contributed by atoms with E-state index in [-0.39, 0.29) is 37.8 Å². The largest absolute Gasteiger partial charge is 0.496 e. The number of nitrogens with zero attached hydrogens (tertiary/aromatic N) is 2. The number of benzene rings is 1. The highest BCUT2D eigenvalue weighted by atomic mass is 32.2. The number of carbonyl (C=O) groups is 4. The molecule has 302 valence electrons. The summed E-state index contributed by atoms with van der Waals surface area (Å²) in [4.78, 5) is 62.1. The van der Waals surface area contributed by atoms with Crippen LogP contribution in [0.2, 0.25) is 0 Å². The van der Waals surface area contributed by atoms with E-state index in [1.165, 1.54) is 12.0 Å². The Morgan fingerprint density at radius 3 is 2.61 bits per heavy atom. The maximum Gasteiger partial charge on any atom is 0.407 e. The minimum atomic E-state index is -3.90. The van der Waals surface area contributed by atoms with Gasteiger partial charge in [-0.2, -0.15) is 0 Å². The molecule has 2 aliphatic carbocycles. The van der Waals surface area contributed by atoms with Crippen LogP contribution in [0.5, 0.6) is 17.4 Å². The molecular weight excluding hydrogens is 743 g/mol. The number of aromatic nitrogens is 1. The first kappa shape index (κ1) is 39.4. The summed E-state index contributed by atoms with van der Waals surface area (Å²) in [6, 6.07) is 3.26. The summed E-state index contributed by atoms with van der Waals surface area (Å²) in [5, 5.41) is 5.71. The highest BCUT2D eigenvalue weighted by Gasteiger charge is 2.62. The van der Waals surface area contributed by atoms with Gasteiger partial charge in [-0.05, 0) is 63.4 Å². The Bertz CT molecular complexity index is 2030. The Hall–Kier alpha value is -4.86. The van der Waals surface area contributed by atoms with Crippen molar-refractivity contribution < 1.29 is 46.5 Å². The van der Waals surface area contributed by atoms with Crippen molar-refractivity contribution in [2.75, 3.05) is 27.4 Å². The van der Waals surface area contributed by atoms with Gasteiger partial charge in [0.15, 0.2) is 0 Å². The standard InChI is InChI=1S/C40H51N5O10S/c1-24-11-9-10-12-25-17-29-31(19-33(25)52-2)41-35(53-3)20-34(29)55-27-18-32-36(46)43-40(38(48)44-56(50,51)28-15-16-28)21-26(40)13-7-5-4-6-8-14-30(37(47)45(32)22-27)42-39(49)54-23-24/h7,10,12-13,17,19-20,24,26-28,30,32H,4-6,8-9,11,14-16,18,21-23H2,1-3H3,(H,42,49)(H,43,46)(H,44,48)/b12-10+,13-7-/t24-,26-,27+,30-,32-,40+/m0/s1. The number of hydrogen-bond acceptors (Lipinski definition) is 11. The van der Waals surface area contributed by atoms with Gasteiger partial charge in [0.05, 0.1) is 38.1 Å². The van der Waals surface area contributed by atoms with Gasteiger partial charge in [-0.3, -0.25) is 19.1 Å². The fourth-order valence-corrected chi connectivity index (χ4v) is 9.19. The second-order valence-electron chi connectivity index (χ2n) is 15.6. The monoisotopic (exact) mass is 793 g/mol. The molecule has 1 aromatic carbocycles. The number of hydrogen-bond donors (Lipinski definition) is 3. The van der Waals surface area contributed by atoms with Crippen molar-refractivity contribution in [3.63, 3.8) is 0 Å². The fourth-order valence-electron chi connectivity index (χ4n) is 7.83. The van der Waals surface area contributed by atoms with Gasteiger partial charge < -0.3 is 34.5 Å². The fraction of sp³-hybridized carbons (Fsp3) is 0.575. The summed E-state index contributed by atoms with van der Waals surface area (Å²) < 4.78 is 51.5. The lowest BCUT2D eigenvalue weighted by Crippen LogP contribution is -2.58. The van der Waals surface area contributed by atoms with E-state index < -0.39 is 68.7 Å². The second kappa shape index (κ2) is 16.3. The minimum absolute atomic E-state index is 0.0190. The lowest BCUT2D eigenvalue weighted by Gasteiger charge is -2.29. The quantitative estimate of drug-likeness (QED) is 0.369. The number of ether oxygens (including phenoxy) is 4. The summed E-state index contributed by atoms with van der Waals surface area (Å²) in [5.41, 5.74) is -0.171. The molecular formula is C40H51N5O10S. The molecule has 4 heterocycles. The first-order valence-corrected chi connectivity index (χ1v) is 21.1. The summed E-state index contributed by atoms with van der Waals surface area (Å²) in [6.45, 7) is 2.11. The Balaban J connectivity index is 1.26. The summed E-state index contributed by atoms with van der Waals surface area (Å²) in [7, 11) is -0.824. The molecule has 3 N–H and O–H groups in total. The number of rotatable bonds is 5. The maximum atomic E-state index is 14.6. The van der Waals surface area contributed by atoms with Gasteiger partial charge in [0.1, 0.15) is 35.2 Å². The van der Waals surface area contributed by atoms with E-state index >= 15 is 0 Å². The van der Waals surface area contributed by atoms with Gasteiger partial charge in [0.25, 0.3) is 5.91 Å². The summed E-state index contributed by atoms with van der Waals surface area (Å²) in [6.07, 6.45) is 12.2. The average molecular weight is 794 g/mol. The average Bonchev–Trinajstić information content (AvgIpc) is 4.10. The van der Waals surface area contributed by atoms with Crippen molar-refractivity contribution in [1.82, 2.24) is 25.2 Å². The summed E-state index contributed by atoms with van der Waals surface area (Å²) in [5.74, 6) is -1.00. The zero-order chi connectivity index (χ0) is 39.6. The molecule has 2 aromatic rings. The molecule has 56 heavy (non-hydrogen) atoms. The molecule has 3 fully saturated rings. The van der Waals surface area contributed by atoms with Crippen LogP contribution in [-0.2, 0) is 29.1 Å². The SMILES string of the molecule is COc1cc2c3cc(c(OC)cc3n1)/C=C/CC[C@H](C)COC(=O)N[C@H]1CCCCC/C=C\[C@H]3C[C@@]3(C(=O)NS(=O)(=O)C3CC3)NC(=O)[C@@H]3C[C@H](CN3C1=O)O2. The van der Waals surface area contributed by atoms with Gasteiger partial charge >= 0.3 is 6.09 Å². The van der Waals surface area contributed by atoms with E-state index in [0.29, 0.717) is 60.9 Å². The molecule has 0 spiro atoms. The minimum Gasteiger partial charge on any atom is -0.496 e. The zero-order valence-corrected chi connectivity index (χ0v) is 32.9. The van der Waals surface area contributed by atoms with E-state index in [2.05, 4.69) is 20.3 Å². The van der Waals surface area contributed by atoms with Crippen LogP contribution in [0.25, 0.3) is 17.0 Å². The van der Waals surface area contributed by atoms with E-state index in [1.807, 2.05) is 37.3 Å². The van der Waals surface area contributed by atoms with Crippen LogP contribution in [0.3, 0.4) is 0 Å². The van der Waals surface area contributed by atoms with Gasteiger partial charge in [-0.25, -0.2) is 18.2 Å². The van der Waals surface area contributed by atoms with Crippen molar-refractivity contribution in [2.24, 2.45) is 11.8 Å². The van der Waals surface area contributed by atoms with Crippen LogP contribution in [0, 0.1) is 11.8 Å². The van der Waals surface area contributed by atoms with Crippen molar-refractivity contribution >= 4 is 50.8 Å². The number of sulfonamides is 1. The third kappa shape index (κ3) is 8.59. The number of carbonyl (C=O) groups excluding carboxylic acids is 4. The number of alkyl carbamates (subject to hydrolysis) is 1. The van der Waals surface area contributed by atoms with E-state index in [0.717, 1.165) is 24.8 Å². The van der Waals surface area contributed by atoms with Crippen LogP contribution in [0.1, 0.15) is 83.1 Å². The van der Waals surface area contributed by atoms with E-state index in [1.54, 1.807) is 19.2 Å². The first-order chi connectivity index (χ1) is 26.9. The lowest BCUT2D eigenvalue weighted by molar-refractivity contribution is -0.141. The molecule has 16 heteroatoms. The molecule has 3 aliphatic heterocycles. The van der Waals surface area contributed by atoms with Gasteiger partial charge in [0, 0.05) is 35.4 Å². The molecule has 7 rings (SSSR count). The smallest absolute Gasteiger partial charge is 0.407 e. The topological polar surface area (TPSA) is 192 Å². The van der Waals surface area contributed by atoms with Crippen LogP contribution in [-0.4, -0.2) is 98.5 Å². The van der Waals surface area contributed by atoms with Crippen LogP contribution >= 0.6 is 0 Å². The van der Waals surface area contributed by atoms with Gasteiger partial charge in [0.2, 0.25) is 27.7 Å². The van der Waals surface area contributed by atoms with Gasteiger partial charge in [-0.1, -0.05) is 44.1 Å². The Morgan fingerprint density at radius 2 is 1.84 bits per heavy atom. The third-order valence-electron chi connectivity index (χ3n) is 11.4. The highest BCUT2D eigenvalue weighted by Crippen LogP contribution is 2.46. The molecule has 4 amide bonds. The summed E-state index contributed by atoms with van der Waals surface area (Å²) >= 11 is 0. The molecule has 5 aliphatic rings. The highest BCUT2D eigenvalue weighted by molar-refractivity contribution is 7.91. The normalized spacial score (nSPS) is 30.1. The number of fused-ring (bicyclic) bond motifs is 4. The molecule has 1 saturated heterocycles. The number of amides is 4. The number of nitrogens with one attached hydrogen (secondary N) is 3. The molecule has 5 bridgehead atoms. The molecule has 15 nitrogen and oxygen atoms in total. The zero-order valence-electron chi connectivity index (χ0n) is 32.1. The number of cyclic esters (lactones) is 1. The van der Waals surface area contributed by atoms with Crippen LogP contribution < -0.4 is 29.6 Å². The number of methoxy groups -OCH3 is 2. The second-order valence-corrected chi connectivity index (χ2v) is 17.6. The third-order valence-corrected chi connectivity index (χ3v) is 13.2. The van der Waals surface area contributed by atoms with Crippen molar-refractivity contribution in [2.45, 2.75) is 107 Å². The lowest BCUT2D eigenvalue weighted by atomic mass is 10.0. The van der Waals surface area contributed by atoms with E-state index in [9.17, 15) is 27.6 Å². The Kier molecular flexibility index (Phi) is 11.5. The predicted octanol–water partition coefficient (Wildman–Crippen LogP) is 4.14. The van der Waals surface area contributed by atoms with Crippen molar-refractivity contribution in [3.8, 4) is 17.4 Å². The van der Waals surface area contributed by atoms with Crippen LogP contribution in [0.15, 0.2) is 36.4 Å².